The predicted octanol–water partition coefficient (Wildman–Crippen LogP) is 4.24. The van der Waals surface area contributed by atoms with Gasteiger partial charge in [0.2, 0.25) is 0 Å². The average molecular weight is 236 g/mol. The van der Waals surface area contributed by atoms with Gasteiger partial charge in [0.15, 0.2) is 11.6 Å². The zero-order valence-electron chi connectivity index (χ0n) is 8.94. The molecule has 1 aromatic rings. The van der Waals surface area contributed by atoms with Crippen molar-refractivity contribution in [3.63, 3.8) is 0 Å². The lowest BCUT2D eigenvalue weighted by atomic mass is 9.98. The van der Waals surface area contributed by atoms with E-state index in [4.69, 9.17) is 0 Å². The molecule has 1 nitrogen and oxygen atoms in total. The molecule has 90 valence electrons. The monoisotopic (exact) mass is 236 g/mol. The zero-order chi connectivity index (χ0) is 12.3. The third-order valence-electron chi connectivity index (χ3n) is 2.36. The maximum atomic E-state index is 13.3. The van der Waals surface area contributed by atoms with Gasteiger partial charge in [-0.3, -0.25) is 0 Å². The van der Waals surface area contributed by atoms with Crippen molar-refractivity contribution in [2.45, 2.75) is 32.5 Å². The Hall–Kier alpha value is -1.26. The van der Waals surface area contributed by atoms with Crippen molar-refractivity contribution in [3.8, 4) is 5.75 Å². The number of rotatable bonds is 3. The van der Waals surface area contributed by atoms with Crippen molar-refractivity contribution < 1.29 is 22.3 Å². The fourth-order valence-electron chi connectivity index (χ4n) is 1.27. The van der Waals surface area contributed by atoms with E-state index in [0.717, 1.165) is 18.6 Å². The minimum absolute atomic E-state index is 0.106. The molecule has 0 aliphatic heterocycles. The summed E-state index contributed by atoms with van der Waals surface area (Å²) in [6.07, 6.45) is -4.07. The molecular weight excluding hydrogens is 224 g/mol. The van der Waals surface area contributed by atoms with Gasteiger partial charge < -0.3 is 4.74 Å². The van der Waals surface area contributed by atoms with Crippen LogP contribution in [0.2, 0.25) is 0 Å². The molecule has 0 heterocycles. The Morgan fingerprint density at radius 1 is 1.31 bits per heavy atom. The van der Waals surface area contributed by atoms with Crippen LogP contribution in [0, 0.1) is 5.82 Å². The van der Waals surface area contributed by atoms with Crippen LogP contribution in [0.1, 0.15) is 31.7 Å². The maximum absolute atomic E-state index is 13.3. The van der Waals surface area contributed by atoms with Crippen molar-refractivity contribution in [2.24, 2.45) is 0 Å². The molecule has 0 saturated carbocycles. The fraction of sp³-hybridized carbons (Fsp3) is 0.455. The molecule has 0 spiro atoms. The van der Waals surface area contributed by atoms with Gasteiger partial charge in [0.1, 0.15) is 0 Å². The normalized spacial score (nSPS) is 13.6. The van der Waals surface area contributed by atoms with Gasteiger partial charge in [-0.05, 0) is 30.0 Å². The van der Waals surface area contributed by atoms with Gasteiger partial charge in [0.05, 0.1) is 0 Å². The first-order valence-corrected chi connectivity index (χ1v) is 4.88. The molecule has 1 unspecified atom stereocenters. The molecule has 1 atom stereocenters. The lowest BCUT2D eigenvalue weighted by molar-refractivity contribution is -0.275. The SMILES string of the molecule is CCC(C)c1ccc(OC(F)(F)F)c(F)c1. The van der Waals surface area contributed by atoms with Crippen molar-refractivity contribution in [2.75, 3.05) is 0 Å². The van der Waals surface area contributed by atoms with Gasteiger partial charge in [-0.25, -0.2) is 4.39 Å². The summed E-state index contributed by atoms with van der Waals surface area (Å²) in [5.74, 6) is -1.68. The van der Waals surface area contributed by atoms with Crippen LogP contribution in [-0.2, 0) is 0 Å². The predicted molar refractivity (Wildman–Crippen MR) is 51.8 cm³/mol. The summed E-state index contributed by atoms with van der Waals surface area (Å²) in [4.78, 5) is 0. The van der Waals surface area contributed by atoms with Gasteiger partial charge in [0, 0.05) is 0 Å². The van der Waals surface area contributed by atoms with Gasteiger partial charge in [-0.2, -0.15) is 0 Å². The molecule has 0 amide bonds. The number of ether oxygens (including phenoxy) is 1. The highest BCUT2D eigenvalue weighted by atomic mass is 19.4. The summed E-state index contributed by atoms with van der Waals surface area (Å²) in [7, 11) is 0. The third-order valence-corrected chi connectivity index (χ3v) is 2.36. The van der Waals surface area contributed by atoms with E-state index in [9.17, 15) is 17.6 Å². The van der Waals surface area contributed by atoms with Crippen LogP contribution in [0.3, 0.4) is 0 Å². The van der Waals surface area contributed by atoms with Crippen molar-refractivity contribution in [1.29, 1.82) is 0 Å². The van der Waals surface area contributed by atoms with Crippen LogP contribution in [-0.4, -0.2) is 6.36 Å². The van der Waals surface area contributed by atoms with Gasteiger partial charge in [0.25, 0.3) is 0 Å². The van der Waals surface area contributed by atoms with Crippen LogP contribution in [0.4, 0.5) is 17.6 Å². The molecule has 16 heavy (non-hydrogen) atoms. The van der Waals surface area contributed by atoms with Crippen LogP contribution >= 0.6 is 0 Å². The van der Waals surface area contributed by atoms with E-state index in [-0.39, 0.29) is 5.92 Å². The molecule has 0 aliphatic carbocycles. The number of hydrogen-bond acceptors (Lipinski definition) is 1. The van der Waals surface area contributed by atoms with Crippen molar-refractivity contribution in [3.05, 3.63) is 29.6 Å². The second-order valence-electron chi connectivity index (χ2n) is 3.55. The lowest BCUT2D eigenvalue weighted by Gasteiger charge is -2.13. The summed E-state index contributed by atoms with van der Waals surface area (Å²) in [6, 6.07) is 3.53. The van der Waals surface area contributed by atoms with E-state index in [0.29, 0.717) is 5.56 Å². The Morgan fingerprint density at radius 2 is 1.94 bits per heavy atom. The smallest absolute Gasteiger partial charge is 0.403 e. The molecular formula is C11H12F4O. The molecule has 1 aromatic carbocycles. The van der Waals surface area contributed by atoms with Gasteiger partial charge >= 0.3 is 6.36 Å². The minimum Gasteiger partial charge on any atom is -0.403 e. The summed E-state index contributed by atoms with van der Waals surface area (Å²) in [5, 5.41) is 0. The second-order valence-corrected chi connectivity index (χ2v) is 3.55. The quantitative estimate of drug-likeness (QED) is 0.713. The molecule has 0 bridgehead atoms. The van der Waals surface area contributed by atoms with E-state index in [2.05, 4.69) is 4.74 Å². The summed E-state index contributed by atoms with van der Waals surface area (Å²) in [6.45, 7) is 3.79. The Morgan fingerprint density at radius 3 is 2.38 bits per heavy atom. The highest BCUT2D eigenvalue weighted by Crippen LogP contribution is 2.28. The van der Waals surface area contributed by atoms with Crippen LogP contribution < -0.4 is 4.74 Å². The van der Waals surface area contributed by atoms with Crippen molar-refractivity contribution in [1.82, 2.24) is 0 Å². The lowest BCUT2D eigenvalue weighted by Crippen LogP contribution is -2.18. The zero-order valence-corrected chi connectivity index (χ0v) is 8.94. The number of alkyl halides is 3. The molecule has 0 aliphatic rings. The number of hydrogen-bond donors (Lipinski definition) is 0. The maximum Gasteiger partial charge on any atom is 0.573 e. The highest BCUT2D eigenvalue weighted by Gasteiger charge is 2.32. The minimum atomic E-state index is -4.86. The Bertz CT molecular complexity index is 359. The first-order chi connectivity index (χ1) is 7.33. The van der Waals surface area contributed by atoms with E-state index >= 15 is 0 Å². The van der Waals surface area contributed by atoms with Gasteiger partial charge in [-0.1, -0.05) is 19.9 Å². The number of halogens is 4. The Kier molecular flexibility index (Phi) is 3.78. The molecule has 0 aromatic heterocycles. The summed E-state index contributed by atoms with van der Waals surface area (Å²) >= 11 is 0. The Labute approximate surface area is 91.0 Å². The van der Waals surface area contributed by atoms with Crippen molar-refractivity contribution >= 4 is 0 Å². The molecule has 0 saturated heterocycles. The van der Waals surface area contributed by atoms with E-state index in [1.807, 2.05) is 13.8 Å². The van der Waals surface area contributed by atoms with Gasteiger partial charge in [-0.15, -0.1) is 13.2 Å². The Balaban J connectivity index is 2.92. The number of benzene rings is 1. The fourth-order valence-corrected chi connectivity index (χ4v) is 1.27. The first kappa shape index (κ1) is 12.8. The topological polar surface area (TPSA) is 9.23 Å². The standard InChI is InChI=1S/C11H12F4O/c1-3-7(2)8-4-5-10(9(12)6-8)16-11(13,14)15/h4-7H,3H2,1-2H3. The van der Waals surface area contributed by atoms with E-state index < -0.39 is 17.9 Å². The summed E-state index contributed by atoms with van der Waals surface area (Å²) < 4.78 is 52.4. The second kappa shape index (κ2) is 4.72. The first-order valence-electron chi connectivity index (χ1n) is 4.88. The van der Waals surface area contributed by atoms with E-state index in [1.165, 1.54) is 6.07 Å². The molecule has 0 radical (unpaired) electrons. The molecule has 5 heteroatoms. The largest absolute Gasteiger partial charge is 0.573 e. The van der Waals surface area contributed by atoms with Crippen LogP contribution in [0.5, 0.6) is 5.75 Å². The van der Waals surface area contributed by atoms with E-state index in [1.54, 1.807) is 0 Å². The molecule has 0 fully saturated rings. The highest BCUT2D eigenvalue weighted by molar-refractivity contribution is 5.31. The van der Waals surface area contributed by atoms with Crippen LogP contribution in [0.15, 0.2) is 18.2 Å². The molecule has 1 rings (SSSR count). The van der Waals surface area contributed by atoms with Crippen LogP contribution in [0.25, 0.3) is 0 Å². The summed E-state index contributed by atoms with van der Waals surface area (Å²) in [5.41, 5.74) is 0.662. The average Bonchev–Trinajstić information content (AvgIpc) is 2.18. The third kappa shape index (κ3) is 3.40. The molecule has 0 N–H and O–H groups in total.